The summed E-state index contributed by atoms with van der Waals surface area (Å²) in [5.74, 6) is 0.612. The third-order valence-electron chi connectivity index (χ3n) is 6.81. The van der Waals surface area contributed by atoms with Crippen LogP contribution in [0.1, 0.15) is 123 Å². The van der Waals surface area contributed by atoms with Crippen LogP contribution in [0.3, 0.4) is 0 Å². The van der Waals surface area contributed by atoms with Crippen LogP contribution in [-0.4, -0.2) is 67.8 Å². The van der Waals surface area contributed by atoms with Crippen molar-refractivity contribution in [2.24, 2.45) is 0 Å². The number of phenols is 2. The van der Waals surface area contributed by atoms with Crippen molar-refractivity contribution in [1.29, 1.82) is 0 Å². The van der Waals surface area contributed by atoms with E-state index in [4.69, 9.17) is 9.05 Å². The van der Waals surface area contributed by atoms with Crippen LogP contribution in [0.15, 0.2) is 24.3 Å². The molecule has 0 aliphatic carbocycles. The molecule has 39 heavy (non-hydrogen) atoms. The van der Waals surface area contributed by atoms with Gasteiger partial charge in [0.1, 0.15) is 11.5 Å². The molecule has 0 amide bonds. The quantitative estimate of drug-likeness (QED) is 0.251. The van der Waals surface area contributed by atoms with E-state index < -0.39 is 7.60 Å². The third-order valence-corrected chi connectivity index (χ3v) is 8.63. The Hall–Kier alpha value is -0.174. The Bertz CT molecular complexity index is 1030. The van der Waals surface area contributed by atoms with Gasteiger partial charge in [0.05, 0.1) is 13.2 Å². The zero-order chi connectivity index (χ0) is 29.5. The second-order valence-electron chi connectivity index (χ2n) is 14.6. The first kappa shape index (κ1) is 36.9. The van der Waals surface area contributed by atoms with E-state index in [1.54, 1.807) is 6.92 Å². The van der Waals surface area contributed by atoms with E-state index in [0.29, 0.717) is 11.5 Å². The van der Waals surface area contributed by atoms with Crippen LogP contribution in [0.4, 0.5) is 0 Å². The summed E-state index contributed by atoms with van der Waals surface area (Å²) < 4.78 is 25.6. The zero-order valence-corrected chi connectivity index (χ0v) is 26.9. The summed E-state index contributed by atoms with van der Waals surface area (Å²) in [5, 5.41) is 22.0. The first-order valence-electron chi connectivity index (χ1n) is 13.6. The van der Waals surface area contributed by atoms with E-state index in [-0.39, 0.29) is 92.4 Å². The van der Waals surface area contributed by atoms with E-state index in [1.165, 1.54) is 0 Å². The van der Waals surface area contributed by atoms with Gasteiger partial charge in [-0.1, -0.05) is 90.0 Å². The monoisotopic (exact) mass is 586 g/mol. The SMILES string of the molecule is CCP(=O)(OCc1cc(C(C)(C)C)c(O)c(C(C)(C)C)c1)OCc1cc(C(C)(C)C)c(O)c(C(C)(C)C)c1.[KH]. The third kappa shape index (κ3) is 9.68. The van der Waals surface area contributed by atoms with Crippen molar-refractivity contribution in [2.75, 3.05) is 6.16 Å². The van der Waals surface area contributed by atoms with E-state index in [2.05, 4.69) is 83.1 Å². The molecule has 5 nitrogen and oxygen atoms in total. The molecule has 2 aromatic rings. The molecule has 0 unspecified atom stereocenters. The average Bonchev–Trinajstić information content (AvgIpc) is 2.74. The van der Waals surface area contributed by atoms with Gasteiger partial charge in [-0.3, -0.25) is 4.57 Å². The first-order valence-corrected chi connectivity index (χ1v) is 15.3. The number of phenolic OH excluding ortho intramolecular Hbond substituents is 2. The molecule has 0 aromatic heterocycles. The topological polar surface area (TPSA) is 76.0 Å². The van der Waals surface area contributed by atoms with Gasteiger partial charge in [0, 0.05) is 6.16 Å². The molecule has 0 saturated heterocycles. The van der Waals surface area contributed by atoms with E-state index in [1.807, 2.05) is 24.3 Å². The summed E-state index contributed by atoms with van der Waals surface area (Å²) in [7, 11) is -3.40. The Morgan fingerprint density at radius 2 is 0.821 bits per heavy atom. The van der Waals surface area contributed by atoms with Crippen molar-refractivity contribution in [3.05, 3.63) is 57.6 Å². The van der Waals surface area contributed by atoms with Crippen LogP contribution in [-0.2, 0) is 48.5 Å². The molecular formula is C32H52KO5P. The van der Waals surface area contributed by atoms with Crippen LogP contribution < -0.4 is 0 Å². The average molecular weight is 587 g/mol. The maximum absolute atomic E-state index is 13.6. The van der Waals surface area contributed by atoms with Gasteiger partial charge >= 0.3 is 59.0 Å². The van der Waals surface area contributed by atoms with Crippen molar-refractivity contribution in [3.8, 4) is 11.5 Å². The summed E-state index contributed by atoms with van der Waals surface area (Å²) in [6, 6.07) is 7.76. The van der Waals surface area contributed by atoms with Crippen LogP contribution in [0, 0.1) is 0 Å². The van der Waals surface area contributed by atoms with Gasteiger partial charge in [0.2, 0.25) is 0 Å². The number of rotatable bonds is 7. The number of benzene rings is 2. The molecule has 0 atom stereocenters. The standard InChI is InChI=1S/C32H51O5P.K.H/c1-14-38(35,36-19-21-15-23(29(2,3)4)27(33)24(16-21)30(5,6)7)37-20-22-17-25(31(8,9)10)28(34)26(18-22)32(11,12)13;;/h15-18,33-34H,14,19-20H2,1-13H3;;. The molecular weight excluding hydrogens is 534 g/mol. The van der Waals surface area contributed by atoms with Gasteiger partial charge < -0.3 is 19.3 Å². The van der Waals surface area contributed by atoms with E-state index in [0.717, 1.165) is 33.4 Å². The van der Waals surface area contributed by atoms with Gasteiger partial charge in [0.25, 0.3) is 0 Å². The Kier molecular flexibility index (Phi) is 12.3. The van der Waals surface area contributed by atoms with Crippen molar-refractivity contribution < 1.29 is 23.8 Å². The molecule has 0 bridgehead atoms. The van der Waals surface area contributed by atoms with E-state index >= 15 is 0 Å². The fraction of sp³-hybridized carbons (Fsp3) is 0.625. The summed E-state index contributed by atoms with van der Waals surface area (Å²) in [6.45, 7) is 26.8. The minimum atomic E-state index is -3.40. The van der Waals surface area contributed by atoms with Crippen molar-refractivity contribution in [3.63, 3.8) is 0 Å². The molecule has 0 fully saturated rings. The number of hydrogen-bond donors (Lipinski definition) is 2. The molecule has 0 heterocycles. The molecule has 7 heteroatoms. The maximum atomic E-state index is 13.6. The Morgan fingerprint density at radius 1 is 0.590 bits per heavy atom. The van der Waals surface area contributed by atoms with E-state index in [9.17, 15) is 14.8 Å². The molecule has 2 N–H and O–H groups in total. The zero-order valence-electron chi connectivity index (χ0n) is 26.0. The van der Waals surface area contributed by atoms with Crippen LogP contribution in [0.2, 0.25) is 0 Å². The van der Waals surface area contributed by atoms with Crippen molar-refractivity contribution >= 4 is 59.0 Å². The predicted octanol–water partition coefficient (Wildman–Crippen LogP) is 8.59. The Morgan fingerprint density at radius 3 is 1.00 bits per heavy atom. The fourth-order valence-corrected chi connectivity index (χ4v) is 5.54. The second kappa shape index (κ2) is 13.0. The Labute approximate surface area is 280 Å². The summed E-state index contributed by atoms with van der Waals surface area (Å²) in [5.41, 5.74) is 3.99. The molecule has 0 saturated carbocycles. The first-order chi connectivity index (χ1) is 17.0. The van der Waals surface area contributed by atoms with Crippen molar-refractivity contribution in [2.45, 2.75) is 125 Å². The van der Waals surface area contributed by atoms with Gasteiger partial charge in [-0.15, -0.1) is 0 Å². The summed E-state index contributed by atoms with van der Waals surface area (Å²) >= 11 is 0. The number of aromatic hydroxyl groups is 2. The normalized spacial score (nSPS) is 13.4. The van der Waals surface area contributed by atoms with Crippen molar-refractivity contribution in [1.82, 2.24) is 0 Å². The molecule has 216 valence electrons. The minimum absolute atomic E-state index is 0. The fourth-order valence-electron chi connectivity index (χ4n) is 4.41. The molecule has 2 aromatic carbocycles. The Balaban J connectivity index is 0.00000760. The molecule has 0 radical (unpaired) electrons. The molecule has 0 aliphatic heterocycles. The molecule has 0 aliphatic rings. The van der Waals surface area contributed by atoms with Gasteiger partial charge in [-0.05, 0) is 79.3 Å². The summed E-state index contributed by atoms with van der Waals surface area (Å²) in [4.78, 5) is 0. The van der Waals surface area contributed by atoms with Gasteiger partial charge in [-0.25, -0.2) is 0 Å². The van der Waals surface area contributed by atoms with Crippen LogP contribution in [0.5, 0.6) is 11.5 Å². The van der Waals surface area contributed by atoms with Crippen LogP contribution in [0.25, 0.3) is 0 Å². The van der Waals surface area contributed by atoms with Gasteiger partial charge in [-0.2, -0.15) is 0 Å². The van der Waals surface area contributed by atoms with Crippen LogP contribution >= 0.6 is 7.60 Å². The molecule has 2 rings (SSSR count). The predicted molar refractivity (Wildman–Crippen MR) is 166 cm³/mol. The second-order valence-corrected chi connectivity index (χ2v) is 16.9. The van der Waals surface area contributed by atoms with Gasteiger partial charge in [0.15, 0.2) is 0 Å². The molecule has 0 spiro atoms. The number of hydrogen-bond acceptors (Lipinski definition) is 5. The summed E-state index contributed by atoms with van der Waals surface area (Å²) in [6.07, 6.45) is 0.236.